The predicted molar refractivity (Wildman–Crippen MR) is 91.1 cm³/mol. The topological polar surface area (TPSA) is 101 Å². The average molecular weight is 395 g/mol. The fourth-order valence-electron chi connectivity index (χ4n) is 2.56. The third kappa shape index (κ3) is 4.47. The molecule has 1 aliphatic rings. The number of likely N-dealkylation sites (N-methyl/N-ethyl adjacent to an activating group) is 1. The molecule has 1 N–H and O–H groups in total. The molecule has 10 heteroatoms. The number of halogens is 1. The number of sulfonamides is 1. The molecule has 1 heterocycles. The number of hydrogen-bond acceptors (Lipinski definition) is 5. The van der Waals surface area contributed by atoms with Gasteiger partial charge in [-0.05, 0) is 37.6 Å². The van der Waals surface area contributed by atoms with E-state index in [4.69, 9.17) is 11.6 Å². The molecule has 1 aliphatic heterocycles. The molecular weight excluding hydrogens is 376 g/mol. The predicted octanol–water partition coefficient (Wildman–Crippen LogP) is 0.654. The van der Waals surface area contributed by atoms with Crippen LogP contribution in [0.4, 0.5) is 0 Å². The molecule has 24 heavy (non-hydrogen) atoms. The van der Waals surface area contributed by atoms with Crippen molar-refractivity contribution in [1.29, 1.82) is 0 Å². The standard InChI is InChI=1S/C14H19ClN2O5S2/c1-14(7-8-23(19,20)10-14)16-13(18)9-17(2)24(21,22)12-5-3-11(15)4-6-12/h3-6H,7-10H2,1-2H3,(H,16,18)/t14-/m0/s1. The molecule has 1 aromatic rings. The maximum Gasteiger partial charge on any atom is 0.243 e. The molecule has 134 valence electrons. The monoisotopic (exact) mass is 394 g/mol. The van der Waals surface area contributed by atoms with E-state index in [-0.39, 0.29) is 16.4 Å². The normalized spacial score (nSPS) is 23.3. The number of amides is 1. The third-order valence-electron chi connectivity index (χ3n) is 3.83. The van der Waals surface area contributed by atoms with Crippen LogP contribution in [0.2, 0.25) is 5.02 Å². The maximum atomic E-state index is 12.4. The van der Waals surface area contributed by atoms with Gasteiger partial charge in [0.1, 0.15) is 0 Å². The van der Waals surface area contributed by atoms with Crippen LogP contribution in [0.15, 0.2) is 29.2 Å². The summed E-state index contributed by atoms with van der Waals surface area (Å²) < 4.78 is 48.8. The SMILES string of the molecule is CN(CC(=O)N[C@@]1(C)CCS(=O)(=O)C1)S(=O)(=O)c1ccc(Cl)cc1. The summed E-state index contributed by atoms with van der Waals surface area (Å²) in [5.74, 6) is -0.670. The van der Waals surface area contributed by atoms with Crippen LogP contribution in [-0.2, 0) is 24.7 Å². The summed E-state index contributed by atoms with van der Waals surface area (Å²) in [5.41, 5.74) is -0.860. The summed E-state index contributed by atoms with van der Waals surface area (Å²) in [6, 6.07) is 5.62. The number of hydrogen-bond donors (Lipinski definition) is 1. The van der Waals surface area contributed by atoms with Gasteiger partial charge < -0.3 is 5.32 Å². The van der Waals surface area contributed by atoms with Gasteiger partial charge in [-0.2, -0.15) is 4.31 Å². The Morgan fingerprint density at radius 2 is 1.92 bits per heavy atom. The molecule has 2 rings (SSSR count). The Hall–Kier alpha value is -1.16. The van der Waals surface area contributed by atoms with Crippen LogP contribution < -0.4 is 5.32 Å². The molecule has 0 bridgehead atoms. The second-order valence-electron chi connectivity index (χ2n) is 6.17. The zero-order valence-corrected chi connectivity index (χ0v) is 15.7. The van der Waals surface area contributed by atoms with Gasteiger partial charge >= 0.3 is 0 Å². The highest BCUT2D eigenvalue weighted by Gasteiger charge is 2.39. The zero-order chi connectivity index (χ0) is 18.2. The van der Waals surface area contributed by atoms with Gasteiger partial charge in [0.05, 0.1) is 28.5 Å². The molecule has 1 saturated heterocycles. The number of nitrogens with one attached hydrogen (secondary N) is 1. The summed E-state index contributed by atoms with van der Waals surface area (Å²) in [6.45, 7) is 1.24. The minimum absolute atomic E-state index is 0.0166. The first-order chi connectivity index (χ1) is 10.9. The smallest absolute Gasteiger partial charge is 0.243 e. The molecule has 0 radical (unpaired) electrons. The highest BCUT2D eigenvalue weighted by molar-refractivity contribution is 7.91. The quantitative estimate of drug-likeness (QED) is 0.790. The third-order valence-corrected chi connectivity index (χ3v) is 7.81. The van der Waals surface area contributed by atoms with Crippen LogP contribution in [0.3, 0.4) is 0 Å². The molecule has 0 aromatic heterocycles. The second-order valence-corrected chi connectivity index (χ2v) is 10.8. The molecule has 0 unspecified atom stereocenters. The Kier molecular flexibility index (Phi) is 5.29. The number of nitrogens with zero attached hydrogens (tertiary/aromatic N) is 1. The minimum atomic E-state index is -3.83. The Balaban J connectivity index is 2.05. The van der Waals surface area contributed by atoms with E-state index in [1.54, 1.807) is 6.92 Å². The first-order valence-corrected chi connectivity index (χ1v) is 10.8. The average Bonchev–Trinajstić information content (AvgIpc) is 2.72. The van der Waals surface area contributed by atoms with E-state index in [2.05, 4.69) is 5.32 Å². The molecule has 1 amide bonds. The van der Waals surface area contributed by atoms with E-state index in [0.29, 0.717) is 11.4 Å². The van der Waals surface area contributed by atoms with E-state index < -0.39 is 37.9 Å². The lowest BCUT2D eigenvalue weighted by Crippen LogP contribution is -2.50. The largest absolute Gasteiger partial charge is 0.349 e. The molecule has 1 aromatic carbocycles. The van der Waals surface area contributed by atoms with Gasteiger partial charge in [-0.25, -0.2) is 16.8 Å². The fraction of sp³-hybridized carbons (Fsp3) is 0.500. The van der Waals surface area contributed by atoms with Crippen LogP contribution in [-0.4, -0.2) is 57.7 Å². The molecule has 1 atom stereocenters. The van der Waals surface area contributed by atoms with Gasteiger partial charge in [0.25, 0.3) is 0 Å². The number of sulfone groups is 1. The Labute approximate surface area is 147 Å². The lowest BCUT2D eigenvalue weighted by molar-refractivity contribution is -0.122. The van der Waals surface area contributed by atoms with Crippen LogP contribution in [0.1, 0.15) is 13.3 Å². The van der Waals surface area contributed by atoms with Gasteiger partial charge in [-0.3, -0.25) is 4.79 Å². The van der Waals surface area contributed by atoms with Gasteiger partial charge in [0.15, 0.2) is 9.84 Å². The highest BCUT2D eigenvalue weighted by atomic mass is 35.5. The summed E-state index contributed by atoms with van der Waals surface area (Å²) in [5, 5.41) is 3.04. The minimum Gasteiger partial charge on any atom is -0.349 e. The molecule has 7 nitrogen and oxygen atoms in total. The van der Waals surface area contributed by atoms with Gasteiger partial charge in [-0.1, -0.05) is 11.6 Å². The lowest BCUT2D eigenvalue weighted by Gasteiger charge is -2.25. The number of carbonyl (C=O) groups excluding carboxylic acids is 1. The molecule has 0 saturated carbocycles. The summed E-state index contributed by atoms with van der Waals surface area (Å²) in [6.07, 6.45) is 0.314. The van der Waals surface area contributed by atoms with Crippen molar-refractivity contribution < 1.29 is 21.6 Å². The van der Waals surface area contributed by atoms with E-state index in [1.807, 2.05) is 0 Å². The molecular formula is C14H19ClN2O5S2. The van der Waals surface area contributed by atoms with Gasteiger partial charge in [0, 0.05) is 12.1 Å². The van der Waals surface area contributed by atoms with Crippen molar-refractivity contribution in [3.63, 3.8) is 0 Å². The van der Waals surface area contributed by atoms with E-state index in [9.17, 15) is 21.6 Å². The summed E-state index contributed by atoms with van der Waals surface area (Å²) in [4.78, 5) is 12.1. The van der Waals surface area contributed by atoms with E-state index in [0.717, 1.165) is 4.31 Å². The van der Waals surface area contributed by atoms with Crippen molar-refractivity contribution in [2.75, 3.05) is 25.1 Å². The first-order valence-electron chi connectivity index (χ1n) is 7.17. The van der Waals surface area contributed by atoms with Crippen LogP contribution in [0.5, 0.6) is 0 Å². The highest BCUT2D eigenvalue weighted by Crippen LogP contribution is 2.23. The Bertz CT molecular complexity index is 836. The van der Waals surface area contributed by atoms with Gasteiger partial charge in [-0.15, -0.1) is 0 Å². The van der Waals surface area contributed by atoms with Crippen molar-refractivity contribution in [3.05, 3.63) is 29.3 Å². The van der Waals surface area contributed by atoms with Crippen LogP contribution in [0, 0.1) is 0 Å². The van der Waals surface area contributed by atoms with Crippen LogP contribution in [0.25, 0.3) is 0 Å². The molecule has 0 aliphatic carbocycles. The van der Waals surface area contributed by atoms with Crippen molar-refractivity contribution >= 4 is 37.4 Å². The molecule has 0 spiro atoms. The zero-order valence-electron chi connectivity index (χ0n) is 13.3. The summed E-state index contributed by atoms with van der Waals surface area (Å²) in [7, 11) is -5.71. The molecule has 1 fully saturated rings. The summed E-state index contributed by atoms with van der Waals surface area (Å²) >= 11 is 5.74. The van der Waals surface area contributed by atoms with Crippen LogP contribution >= 0.6 is 11.6 Å². The fourth-order valence-corrected chi connectivity index (χ4v) is 5.91. The first kappa shape index (κ1) is 19.2. The Morgan fingerprint density at radius 3 is 2.42 bits per heavy atom. The van der Waals surface area contributed by atoms with Crippen molar-refractivity contribution in [2.45, 2.75) is 23.8 Å². The van der Waals surface area contributed by atoms with Crippen molar-refractivity contribution in [3.8, 4) is 0 Å². The van der Waals surface area contributed by atoms with Gasteiger partial charge in [0.2, 0.25) is 15.9 Å². The second kappa shape index (κ2) is 6.62. The number of benzene rings is 1. The maximum absolute atomic E-state index is 12.4. The van der Waals surface area contributed by atoms with Crippen molar-refractivity contribution in [1.82, 2.24) is 9.62 Å². The number of rotatable bonds is 5. The number of carbonyl (C=O) groups is 1. The van der Waals surface area contributed by atoms with E-state index in [1.165, 1.54) is 31.3 Å². The van der Waals surface area contributed by atoms with E-state index >= 15 is 0 Å². The Morgan fingerprint density at radius 1 is 1.33 bits per heavy atom. The lowest BCUT2D eigenvalue weighted by atomic mass is 10.0. The van der Waals surface area contributed by atoms with Crippen molar-refractivity contribution in [2.24, 2.45) is 0 Å².